The largest absolute Gasteiger partial charge is 0.361 e. The van der Waals surface area contributed by atoms with E-state index in [4.69, 9.17) is 23.2 Å². The van der Waals surface area contributed by atoms with E-state index in [1.54, 1.807) is 22.8 Å². The van der Waals surface area contributed by atoms with Gasteiger partial charge in [0.05, 0.1) is 27.2 Å². The second kappa shape index (κ2) is 9.29. The van der Waals surface area contributed by atoms with Gasteiger partial charge >= 0.3 is 0 Å². The quantitative estimate of drug-likeness (QED) is 0.333. The summed E-state index contributed by atoms with van der Waals surface area (Å²) in [5.74, 6) is 0.337. The molecule has 0 spiro atoms. The molecule has 9 heteroatoms. The lowest BCUT2D eigenvalue weighted by Crippen LogP contribution is -2.27. The molecule has 0 aliphatic rings. The van der Waals surface area contributed by atoms with Gasteiger partial charge in [0, 0.05) is 23.3 Å². The summed E-state index contributed by atoms with van der Waals surface area (Å²) in [4.78, 5) is 37.5. The van der Waals surface area contributed by atoms with E-state index in [1.807, 2.05) is 37.3 Å². The number of H-pyrrole nitrogens is 1. The van der Waals surface area contributed by atoms with Gasteiger partial charge in [-0.05, 0) is 25.1 Å². The molecule has 3 heterocycles. The molecule has 2 N–H and O–H groups in total. The molecule has 7 nitrogen and oxygen atoms in total. The van der Waals surface area contributed by atoms with E-state index in [1.165, 1.54) is 18.6 Å². The molecule has 0 saturated heterocycles. The number of anilines is 1. The summed E-state index contributed by atoms with van der Waals surface area (Å²) in [6.07, 6.45) is 2.89. The minimum Gasteiger partial charge on any atom is -0.361 e. The first-order chi connectivity index (χ1) is 16.0. The fourth-order valence-corrected chi connectivity index (χ4v) is 4.65. The Kier molecular flexibility index (Phi) is 6.41. The Morgan fingerprint density at radius 1 is 0.971 bits per heavy atom. The summed E-state index contributed by atoms with van der Waals surface area (Å²) >= 11 is 13.3. The third-order valence-electron chi connectivity index (χ3n) is 5.46. The van der Waals surface area contributed by atoms with Gasteiger partial charge in [-0.15, -0.1) is 0 Å². The zero-order valence-electron chi connectivity index (χ0n) is 17.3. The Balaban J connectivity index is 0.00000274. The summed E-state index contributed by atoms with van der Waals surface area (Å²) in [5, 5.41) is 5.16. The second-order valence-corrected chi connectivity index (χ2v) is 8.28. The number of nitrogens with one attached hydrogen (secondary N) is 2. The fraction of sp³-hybridized carbons (Fsp3) is 0.120. The molecule has 1 atom stereocenters. The van der Waals surface area contributed by atoms with Crippen molar-refractivity contribution in [2.24, 2.45) is 0 Å². The van der Waals surface area contributed by atoms with E-state index in [0.717, 1.165) is 0 Å². The zero-order valence-corrected chi connectivity index (χ0v) is 18.9. The summed E-state index contributed by atoms with van der Waals surface area (Å²) in [5.41, 5.74) is 1.04. The number of rotatable bonds is 4. The molecule has 172 valence electrons. The van der Waals surface area contributed by atoms with E-state index in [9.17, 15) is 9.59 Å². The fourth-order valence-electron chi connectivity index (χ4n) is 3.99. The van der Waals surface area contributed by atoms with Gasteiger partial charge in [0.15, 0.2) is 5.43 Å². The van der Waals surface area contributed by atoms with Crippen molar-refractivity contribution in [3.63, 3.8) is 0 Å². The SMILES string of the molecule is C.C[C@H](Nc1ncnc2[nH]ccc(=O)c12)c1c(Cl)c2cccc(Cl)c2c(=O)n1-c1ccccc1. The van der Waals surface area contributed by atoms with Crippen molar-refractivity contribution in [2.75, 3.05) is 5.32 Å². The molecule has 0 bridgehead atoms. The van der Waals surface area contributed by atoms with Crippen molar-refractivity contribution in [1.82, 2.24) is 19.5 Å². The first-order valence-corrected chi connectivity index (χ1v) is 10.9. The first kappa shape index (κ1) is 23.5. The number of benzene rings is 2. The molecule has 0 amide bonds. The molecule has 0 aliphatic carbocycles. The van der Waals surface area contributed by atoms with Gasteiger partial charge in [0.25, 0.3) is 5.56 Å². The molecule has 5 aromatic rings. The summed E-state index contributed by atoms with van der Waals surface area (Å²) < 4.78 is 1.54. The van der Waals surface area contributed by atoms with E-state index in [0.29, 0.717) is 49.1 Å². The van der Waals surface area contributed by atoms with Crippen LogP contribution in [0.5, 0.6) is 0 Å². The van der Waals surface area contributed by atoms with Gasteiger partial charge in [-0.1, -0.05) is 61.0 Å². The summed E-state index contributed by atoms with van der Waals surface area (Å²) in [6, 6.07) is 15.3. The van der Waals surface area contributed by atoms with E-state index < -0.39 is 6.04 Å². The van der Waals surface area contributed by atoms with Gasteiger partial charge in [-0.3, -0.25) is 14.2 Å². The number of nitrogens with zero attached hydrogens (tertiary/aromatic N) is 3. The van der Waals surface area contributed by atoms with Crippen LogP contribution in [0.4, 0.5) is 5.82 Å². The van der Waals surface area contributed by atoms with E-state index in [2.05, 4.69) is 20.3 Å². The van der Waals surface area contributed by atoms with Gasteiger partial charge in [0.2, 0.25) is 0 Å². The zero-order chi connectivity index (χ0) is 23.1. The van der Waals surface area contributed by atoms with E-state index in [-0.39, 0.29) is 18.4 Å². The lowest BCUT2D eigenvalue weighted by molar-refractivity contribution is 0.774. The van der Waals surface area contributed by atoms with Gasteiger partial charge in [-0.2, -0.15) is 0 Å². The molecule has 5 rings (SSSR count). The molecule has 34 heavy (non-hydrogen) atoms. The van der Waals surface area contributed by atoms with Crippen molar-refractivity contribution in [2.45, 2.75) is 20.4 Å². The number of halogens is 2. The van der Waals surface area contributed by atoms with Crippen molar-refractivity contribution >= 4 is 50.8 Å². The van der Waals surface area contributed by atoms with Crippen LogP contribution in [0.2, 0.25) is 10.0 Å². The second-order valence-electron chi connectivity index (χ2n) is 7.49. The van der Waals surface area contributed by atoms with Gasteiger partial charge in [0.1, 0.15) is 23.2 Å². The van der Waals surface area contributed by atoms with Crippen LogP contribution >= 0.6 is 23.2 Å². The van der Waals surface area contributed by atoms with E-state index >= 15 is 0 Å². The smallest absolute Gasteiger partial charge is 0.264 e. The Labute approximate surface area is 205 Å². The highest BCUT2D eigenvalue weighted by Gasteiger charge is 2.23. The van der Waals surface area contributed by atoms with Gasteiger partial charge < -0.3 is 10.3 Å². The normalized spacial score (nSPS) is 11.9. The predicted molar refractivity (Wildman–Crippen MR) is 138 cm³/mol. The van der Waals surface area contributed by atoms with Crippen LogP contribution in [0, 0.1) is 0 Å². The number of pyridine rings is 2. The topological polar surface area (TPSA) is 92.7 Å². The Morgan fingerprint density at radius 3 is 2.50 bits per heavy atom. The molecule has 3 aromatic heterocycles. The Hall–Kier alpha value is -3.68. The summed E-state index contributed by atoms with van der Waals surface area (Å²) in [6.45, 7) is 1.85. The van der Waals surface area contributed by atoms with Crippen LogP contribution < -0.4 is 16.3 Å². The molecule has 0 aliphatic heterocycles. The molecule has 0 fully saturated rings. The van der Waals surface area contributed by atoms with Crippen molar-refractivity contribution < 1.29 is 0 Å². The van der Waals surface area contributed by atoms with Crippen molar-refractivity contribution in [3.8, 4) is 5.69 Å². The Morgan fingerprint density at radius 2 is 1.74 bits per heavy atom. The number of para-hydroxylation sites is 1. The molecule has 0 saturated carbocycles. The lowest BCUT2D eigenvalue weighted by atomic mass is 10.1. The van der Waals surface area contributed by atoms with Crippen molar-refractivity contribution in [1.29, 1.82) is 0 Å². The highest BCUT2D eigenvalue weighted by molar-refractivity contribution is 6.40. The number of aromatic nitrogens is 4. The molecule has 0 radical (unpaired) electrons. The van der Waals surface area contributed by atoms with Crippen LogP contribution in [0.25, 0.3) is 27.5 Å². The van der Waals surface area contributed by atoms with Gasteiger partial charge in [-0.25, -0.2) is 9.97 Å². The highest BCUT2D eigenvalue weighted by Crippen LogP contribution is 2.34. The summed E-state index contributed by atoms with van der Waals surface area (Å²) in [7, 11) is 0. The van der Waals surface area contributed by atoms with Crippen LogP contribution in [-0.4, -0.2) is 19.5 Å². The minimum absolute atomic E-state index is 0. The highest BCUT2D eigenvalue weighted by atomic mass is 35.5. The third kappa shape index (κ3) is 3.83. The number of hydrogen-bond donors (Lipinski definition) is 2. The third-order valence-corrected chi connectivity index (χ3v) is 6.17. The first-order valence-electron chi connectivity index (χ1n) is 10.1. The molecular formula is C25H21Cl2N5O2. The maximum absolute atomic E-state index is 13.7. The van der Waals surface area contributed by atoms with Crippen LogP contribution in [0.1, 0.15) is 26.1 Å². The molecule has 2 aromatic carbocycles. The molecule has 0 unspecified atom stereocenters. The number of aromatic amines is 1. The molecular weight excluding hydrogens is 473 g/mol. The Bertz CT molecular complexity index is 1630. The number of hydrogen-bond acceptors (Lipinski definition) is 5. The minimum atomic E-state index is -0.508. The average Bonchev–Trinajstić information content (AvgIpc) is 2.81. The van der Waals surface area contributed by atoms with Crippen LogP contribution in [-0.2, 0) is 0 Å². The maximum atomic E-state index is 13.7. The lowest BCUT2D eigenvalue weighted by Gasteiger charge is -2.23. The maximum Gasteiger partial charge on any atom is 0.264 e. The van der Waals surface area contributed by atoms with Crippen LogP contribution in [0.15, 0.2) is 76.7 Å². The van der Waals surface area contributed by atoms with Crippen molar-refractivity contribution in [3.05, 3.63) is 103 Å². The average molecular weight is 494 g/mol. The van der Waals surface area contributed by atoms with Crippen LogP contribution in [0.3, 0.4) is 0 Å². The monoisotopic (exact) mass is 493 g/mol. The standard InChI is InChI=1S/C24H17Cl2N5O2.CH4/c1-13(30-23-19-17(32)10-11-27-22(19)28-12-29-23)21-20(26)15-8-5-9-16(25)18(15)24(33)31(21)14-6-3-2-4-7-14;/h2-13H,1H3,(H2,27,28,29,30,32);1H4/t13-;/m0./s1. The number of fused-ring (bicyclic) bond motifs is 2. The predicted octanol–water partition coefficient (Wildman–Crippen LogP) is 5.74.